The van der Waals surface area contributed by atoms with Crippen molar-refractivity contribution in [1.82, 2.24) is 24.8 Å². The Labute approximate surface area is 190 Å². The number of benzene rings is 1. The number of ether oxygens (including phenoxy) is 2. The first-order valence-corrected chi connectivity index (χ1v) is 10.7. The second-order valence-corrected chi connectivity index (χ2v) is 7.54. The number of imidazole rings is 1. The average Bonchev–Trinajstić information content (AvgIpc) is 3.55. The smallest absolute Gasteiger partial charge is 0.236 e. The van der Waals surface area contributed by atoms with Crippen LogP contribution in [0.1, 0.15) is 18.4 Å². The van der Waals surface area contributed by atoms with Crippen molar-refractivity contribution >= 4 is 17.9 Å². The molecule has 10 heteroatoms. The number of carbonyl (C=O) groups excluding carboxylic acids is 1. The van der Waals surface area contributed by atoms with Gasteiger partial charge in [0.2, 0.25) is 18.6 Å². The van der Waals surface area contributed by atoms with Crippen molar-refractivity contribution < 1.29 is 14.3 Å². The molecule has 1 amide bonds. The van der Waals surface area contributed by atoms with E-state index in [0.29, 0.717) is 31.2 Å². The van der Waals surface area contributed by atoms with Crippen molar-refractivity contribution in [1.29, 1.82) is 0 Å². The molecule has 0 spiro atoms. The number of anilines is 1. The van der Waals surface area contributed by atoms with E-state index in [-0.39, 0.29) is 18.9 Å². The average molecular weight is 445 g/mol. The molecule has 1 N–H and O–H groups in total. The van der Waals surface area contributed by atoms with Crippen molar-refractivity contribution in [3.05, 3.63) is 67.0 Å². The maximum atomic E-state index is 12.4. The topological polar surface area (TPSA) is 107 Å². The van der Waals surface area contributed by atoms with Crippen molar-refractivity contribution in [2.45, 2.75) is 25.4 Å². The molecule has 0 aliphatic carbocycles. The van der Waals surface area contributed by atoms with Crippen molar-refractivity contribution in [2.24, 2.45) is 4.99 Å². The van der Waals surface area contributed by atoms with Crippen LogP contribution in [0.15, 0.2) is 66.5 Å². The molecule has 10 nitrogen and oxygen atoms in total. The van der Waals surface area contributed by atoms with Gasteiger partial charge in [0.05, 0.1) is 0 Å². The molecule has 1 atom stereocenters. The van der Waals surface area contributed by atoms with Gasteiger partial charge in [-0.2, -0.15) is 4.98 Å². The Morgan fingerprint density at radius 2 is 2.12 bits per heavy atom. The highest BCUT2D eigenvalue weighted by atomic mass is 16.7. The number of rotatable bonds is 8. The molecule has 0 fully saturated rings. The Bertz CT molecular complexity index is 1180. The largest absolute Gasteiger partial charge is 0.454 e. The molecular formula is C23H23N7O3. The summed E-state index contributed by atoms with van der Waals surface area (Å²) in [7, 11) is 0. The standard InChI is InChI=1S/C23H23N7O3/c31-22(26-9-6-17-2-3-18-19(14-17)33-16-32-18)5-4-20-25-8-1-12-30(20)21-7-10-27-23(28-21)29-13-11-24-15-29/h1-3,7-8,10-15,20H,4-6,9,16H2,(H,26,31). The van der Waals surface area contributed by atoms with Gasteiger partial charge in [-0.3, -0.25) is 14.4 Å². The number of nitrogens with zero attached hydrogens (tertiary/aromatic N) is 6. The van der Waals surface area contributed by atoms with Crippen LogP contribution in [0.3, 0.4) is 0 Å². The zero-order valence-electron chi connectivity index (χ0n) is 17.9. The fourth-order valence-corrected chi connectivity index (χ4v) is 3.67. The van der Waals surface area contributed by atoms with Gasteiger partial charge in [0, 0.05) is 44.0 Å². The van der Waals surface area contributed by atoms with Crippen molar-refractivity contribution in [2.75, 3.05) is 18.2 Å². The lowest BCUT2D eigenvalue weighted by Crippen LogP contribution is -2.34. The van der Waals surface area contributed by atoms with E-state index in [0.717, 1.165) is 23.5 Å². The summed E-state index contributed by atoms with van der Waals surface area (Å²) in [5, 5.41) is 2.99. The Kier molecular flexibility index (Phi) is 5.96. The van der Waals surface area contributed by atoms with Gasteiger partial charge in [-0.1, -0.05) is 6.07 Å². The molecule has 0 radical (unpaired) electrons. The van der Waals surface area contributed by atoms with Crippen LogP contribution in [-0.2, 0) is 11.2 Å². The number of carbonyl (C=O) groups is 1. The van der Waals surface area contributed by atoms with Gasteiger partial charge < -0.3 is 19.7 Å². The molecule has 0 bridgehead atoms. The summed E-state index contributed by atoms with van der Waals surface area (Å²) in [4.78, 5) is 31.9. The van der Waals surface area contributed by atoms with Gasteiger partial charge in [0.1, 0.15) is 18.3 Å². The minimum atomic E-state index is -0.222. The van der Waals surface area contributed by atoms with E-state index < -0.39 is 0 Å². The highest BCUT2D eigenvalue weighted by Crippen LogP contribution is 2.32. The quantitative estimate of drug-likeness (QED) is 0.567. The summed E-state index contributed by atoms with van der Waals surface area (Å²) < 4.78 is 12.5. The molecule has 1 unspecified atom stereocenters. The minimum absolute atomic E-state index is 0.0118. The predicted molar refractivity (Wildman–Crippen MR) is 122 cm³/mol. The third-order valence-corrected chi connectivity index (χ3v) is 5.34. The van der Waals surface area contributed by atoms with E-state index in [1.54, 1.807) is 35.7 Å². The second kappa shape index (κ2) is 9.51. The maximum Gasteiger partial charge on any atom is 0.236 e. The molecule has 2 aromatic heterocycles. The SMILES string of the molecule is O=C(CCC1N=CC=CN1c1ccnc(-n2ccnc2)n1)NCCc1ccc2c(c1)OCO2. The van der Waals surface area contributed by atoms with E-state index in [1.165, 1.54) is 0 Å². The number of hydrogen-bond acceptors (Lipinski definition) is 8. The molecule has 5 rings (SSSR count). The first kappa shape index (κ1) is 20.7. The molecule has 0 saturated carbocycles. The Morgan fingerprint density at radius 1 is 1.18 bits per heavy atom. The summed E-state index contributed by atoms with van der Waals surface area (Å²) >= 11 is 0. The van der Waals surface area contributed by atoms with Gasteiger partial charge >= 0.3 is 0 Å². The molecule has 3 aromatic rings. The van der Waals surface area contributed by atoms with Crippen LogP contribution in [-0.4, -0.2) is 51.1 Å². The van der Waals surface area contributed by atoms with E-state index in [1.807, 2.05) is 41.4 Å². The van der Waals surface area contributed by atoms with Crippen LogP contribution < -0.4 is 19.7 Å². The van der Waals surface area contributed by atoms with Crippen LogP contribution in [0, 0.1) is 0 Å². The molecule has 0 saturated heterocycles. The fraction of sp³-hybridized carbons (Fsp3) is 0.261. The number of nitrogens with one attached hydrogen (secondary N) is 1. The van der Waals surface area contributed by atoms with Crippen LogP contribution in [0.4, 0.5) is 5.82 Å². The normalized spacial score (nSPS) is 16.2. The van der Waals surface area contributed by atoms with Gasteiger partial charge in [0.15, 0.2) is 11.5 Å². The van der Waals surface area contributed by atoms with Gasteiger partial charge in [-0.15, -0.1) is 0 Å². The lowest BCUT2D eigenvalue weighted by atomic mass is 10.1. The summed E-state index contributed by atoms with van der Waals surface area (Å²) in [5.74, 6) is 2.73. The third-order valence-electron chi connectivity index (χ3n) is 5.34. The van der Waals surface area contributed by atoms with Crippen LogP contribution in [0.25, 0.3) is 5.95 Å². The van der Waals surface area contributed by atoms with Gasteiger partial charge in [-0.05, 0) is 42.7 Å². The van der Waals surface area contributed by atoms with Crippen molar-refractivity contribution in [3.8, 4) is 17.4 Å². The Hall–Kier alpha value is -4.21. The van der Waals surface area contributed by atoms with Gasteiger partial charge in [0.25, 0.3) is 0 Å². The van der Waals surface area contributed by atoms with Gasteiger partial charge in [-0.25, -0.2) is 9.97 Å². The van der Waals surface area contributed by atoms with Crippen LogP contribution in [0.5, 0.6) is 11.5 Å². The first-order chi connectivity index (χ1) is 16.3. The highest BCUT2D eigenvalue weighted by Gasteiger charge is 2.20. The van der Waals surface area contributed by atoms with E-state index >= 15 is 0 Å². The molecule has 2 aliphatic rings. The summed E-state index contributed by atoms with van der Waals surface area (Å²) in [6.45, 7) is 0.807. The Morgan fingerprint density at radius 3 is 3.03 bits per heavy atom. The summed E-state index contributed by atoms with van der Waals surface area (Å²) in [6.07, 6.45) is 13.7. The first-order valence-electron chi connectivity index (χ1n) is 10.7. The monoisotopic (exact) mass is 445 g/mol. The molecule has 4 heterocycles. The number of amides is 1. The zero-order valence-corrected chi connectivity index (χ0v) is 17.9. The fourth-order valence-electron chi connectivity index (χ4n) is 3.67. The van der Waals surface area contributed by atoms with E-state index in [9.17, 15) is 4.79 Å². The number of aliphatic imine (C=N–C) groups is 1. The minimum Gasteiger partial charge on any atom is -0.454 e. The molecule has 2 aliphatic heterocycles. The lowest BCUT2D eigenvalue weighted by molar-refractivity contribution is -0.121. The predicted octanol–water partition coefficient (Wildman–Crippen LogP) is 2.26. The number of hydrogen-bond donors (Lipinski definition) is 1. The maximum absolute atomic E-state index is 12.4. The molecular weight excluding hydrogens is 422 g/mol. The van der Waals surface area contributed by atoms with Crippen LogP contribution >= 0.6 is 0 Å². The molecule has 168 valence electrons. The molecule has 33 heavy (non-hydrogen) atoms. The van der Waals surface area contributed by atoms with Crippen molar-refractivity contribution in [3.63, 3.8) is 0 Å². The van der Waals surface area contributed by atoms with Crippen LogP contribution in [0.2, 0.25) is 0 Å². The van der Waals surface area contributed by atoms with E-state index in [4.69, 9.17) is 9.47 Å². The van der Waals surface area contributed by atoms with E-state index in [2.05, 4.69) is 25.3 Å². The summed E-state index contributed by atoms with van der Waals surface area (Å²) in [6, 6.07) is 7.66. The summed E-state index contributed by atoms with van der Waals surface area (Å²) in [5.41, 5.74) is 1.09. The molecule has 1 aromatic carbocycles. The number of fused-ring (bicyclic) bond motifs is 1. The number of aromatic nitrogens is 4. The number of allylic oxidation sites excluding steroid dienone is 1. The zero-order chi connectivity index (χ0) is 22.5. The Balaban J connectivity index is 1.14. The second-order valence-electron chi connectivity index (χ2n) is 7.54. The lowest BCUT2D eigenvalue weighted by Gasteiger charge is -2.28. The highest BCUT2D eigenvalue weighted by molar-refractivity contribution is 5.77. The third kappa shape index (κ3) is 4.84.